The summed E-state index contributed by atoms with van der Waals surface area (Å²) >= 11 is 0. The highest BCUT2D eigenvalue weighted by molar-refractivity contribution is 5.30. The van der Waals surface area contributed by atoms with Crippen molar-refractivity contribution in [2.75, 3.05) is 6.61 Å². The molecule has 1 atom stereocenters. The Morgan fingerprint density at radius 2 is 2.07 bits per heavy atom. The second-order valence-electron chi connectivity index (χ2n) is 3.07. The van der Waals surface area contributed by atoms with Crippen molar-refractivity contribution in [1.82, 2.24) is 0 Å². The molecule has 84 valence electrons. The lowest BCUT2D eigenvalue weighted by atomic mass is 10.1. The Morgan fingerprint density at radius 3 is 2.53 bits per heavy atom. The van der Waals surface area contributed by atoms with Gasteiger partial charge < -0.3 is 9.84 Å². The quantitative estimate of drug-likeness (QED) is 0.844. The van der Waals surface area contributed by atoms with Gasteiger partial charge in [0.25, 0.3) is 6.43 Å². The third-order valence-electron chi connectivity index (χ3n) is 1.80. The summed E-state index contributed by atoms with van der Waals surface area (Å²) in [6.45, 7) is 0.638. The molecule has 0 amide bonds. The summed E-state index contributed by atoms with van der Waals surface area (Å²) in [4.78, 5) is 0. The Balaban J connectivity index is 2.75. The maximum absolute atomic E-state index is 13.2. The monoisotopic (exact) mass is 220 g/mol. The standard InChI is InChI=1S/C10H11F3O2/c1-6(14)7-2-3-9(8(11)4-7)15-5-10(12)13/h2-4,6,10,14H,5H2,1H3/t6-/m0/s1. The summed E-state index contributed by atoms with van der Waals surface area (Å²) in [6.07, 6.45) is -3.44. The van der Waals surface area contributed by atoms with Crippen molar-refractivity contribution in [2.45, 2.75) is 19.5 Å². The van der Waals surface area contributed by atoms with Gasteiger partial charge in [0.05, 0.1) is 6.10 Å². The SMILES string of the molecule is C[C@H](O)c1ccc(OCC(F)F)c(F)c1. The van der Waals surface area contributed by atoms with E-state index in [4.69, 9.17) is 5.11 Å². The fourth-order valence-corrected chi connectivity index (χ4v) is 1.05. The molecule has 5 heteroatoms. The first-order valence-corrected chi connectivity index (χ1v) is 4.39. The van der Waals surface area contributed by atoms with Gasteiger partial charge in [0.15, 0.2) is 11.6 Å². The molecule has 15 heavy (non-hydrogen) atoms. The average molecular weight is 220 g/mol. The number of aliphatic hydroxyl groups is 1. The zero-order valence-electron chi connectivity index (χ0n) is 8.08. The Labute approximate surface area is 85.3 Å². The van der Waals surface area contributed by atoms with Crippen molar-refractivity contribution in [3.63, 3.8) is 0 Å². The number of benzene rings is 1. The third-order valence-corrected chi connectivity index (χ3v) is 1.80. The van der Waals surface area contributed by atoms with Crippen LogP contribution in [0.2, 0.25) is 0 Å². The summed E-state index contributed by atoms with van der Waals surface area (Å²) < 4.78 is 41.3. The molecule has 1 rings (SSSR count). The van der Waals surface area contributed by atoms with Gasteiger partial charge in [-0.15, -0.1) is 0 Å². The summed E-state index contributed by atoms with van der Waals surface area (Å²) in [7, 11) is 0. The minimum Gasteiger partial charge on any atom is -0.485 e. The van der Waals surface area contributed by atoms with E-state index in [9.17, 15) is 13.2 Å². The van der Waals surface area contributed by atoms with Crippen LogP contribution in [0.5, 0.6) is 5.75 Å². The van der Waals surface area contributed by atoms with E-state index in [2.05, 4.69) is 4.74 Å². The predicted molar refractivity (Wildman–Crippen MR) is 48.5 cm³/mol. The molecule has 0 saturated heterocycles. The number of aliphatic hydroxyl groups excluding tert-OH is 1. The maximum atomic E-state index is 13.2. The molecule has 0 saturated carbocycles. The molecule has 0 bridgehead atoms. The van der Waals surface area contributed by atoms with Gasteiger partial charge in [0, 0.05) is 0 Å². The molecule has 0 aliphatic carbocycles. The molecule has 0 fully saturated rings. The van der Waals surface area contributed by atoms with Crippen molar-refractivity contribution >= 4 is 0 Å². The van der Waals surface area contributed by atoms with Crippen molar-refractivity contribution in [3.05, 3.63) is 29.6 Å². The van der Waals surface area contributed by atoms with Crippen LogP contribution in [-0.2, 0) is 0 Å². The summed E-state index contributed by atoms with van der Waals surface area (Å²) in [5.41, 5.74) is 0.372. The van der Waals surface area contributed by atoms with Crippen LogP contribution in [0.4, 0.5) is 13.2 Å². The van der Waals surface area contributed by atoms with E-state index in [0.717, 1.165) is 6.07 Å². The second kappa shape index (κ2) is 5.02. The largest absolute Gasteiger partial charge is 0.485 e. The van der Waals surface area contributed by atoms with Gasteiger partial charge in [0.2, 0.25) is 0 Å². The highest BCUT2D eigenvalue weighted by atomic mass is 19.3. The predicted octanol–water partition coefficient (Wildman–Crippen LogP) is 2.52. The minimum absolute atomic E-state index is 0.236. The topological polar surface area (TPSA) is 29.5 Å². The molecule has 2 nitrogen and oxygen atoms in total. The Morgan fingerprint density at radius 1 is 1.40 bits per heavy atom. The molecule has 1 aromatic rings. The molecule has 1 aromatic carbocycles. The highest BCUT2D eigenvalue weighted by Crippen LogP contribution is 2.22. The molecular formula is C10H11F3O2. The fraction of sp³-hybridized carbons (Fsp3) is 0.400. The van der Waals surface area contributed by atoms with Crippen LogP contribution >= 0.6 is 0 Å². The summed E-state index contributed by atoms with van der Waals surface area (Å²) in [5, 5.41) is 9.13. The van der Waals surface area contributed by atoms with E-state index in [0.29, 0.717) is 5.56 Å². The van der Waals surface area contributed by atoms with Crippen molar-refractivity contribution in [1.29, 1.82) is 0 Å². The van der Waals surface area contributed by atoms with Gasteiger partial charge >= 0.3 is 0 Å². The minimum atomic E-state index is -2.64. The lowest BCUT2D eigenvalue weighted by molar-refractivity contribution is 0.0798. The molecule has 0 radical (unpaired) electrons. The van der Waals surface area contributed by atoms with E-state index < -0.39 is 25.0 Å². The van der Waals surface area contributed by atoms with Gasteiger partial charge in [0.1, 0.15) is 6.61 Å². The molecule has 0 aromatic heterocycles. The van der Waals surface area contributed by atoms with Crippen molar-refractivity contribution in [3.8, 4) is 5.75 Å². The number of alkyl halides is 2. The normalized spacial score (nSPS) is 12.9. The van der Waals surface area contributed by atoms with Crippen LogP contribution in [0.15, 0.2) is 18.2 Å². The Kier molecular flexibility index (Phi) is 3.96. The number of ether oxygens (including phenoxy) is 1. The number of hydrogen-bond acceptors (Lipinski definition) is 2. The molecule has 1 N–H and O–H groups in total. The van der Waals surface area contributed by atoms with Crippen LogP contribution in [0.1, 0.15) is 18.6 Å². The zero-order valence-corrected chi connectivity index (χ0v) is 8.08. The Bertz CT molecular complexity index is 326. The van der Waals surface area contributed by atoms with Crippen LogP contribution in [0.3, 0.4) is 0 Å². The highest BCUT2D eigenvalue weighted by Gasteiger charge is 2.10. The van der Waals surface area contributed by atoms with Gasteiger partial charge in [-0.05, 0) is 24.6 Å². The van der Waals surface area contributed by atoms with Gasteiger partial charge in [-0.2, -0.15) is 0 Å². The maximum Gasteiger partial charge on any atom is 0.272 e. The van der Waals surface area contributed by atoms with Gasteiger partial charge in [-0.1, -0.05) is 6.07 Å². The fourth-order valence-electron chi connectivity index (χ4n) is 1.05. The molecule has 0 heterocycles. The number of halogens is 3. The summed E-state index contributed by atoms with van der Waals surface area (Å²) in [6, 6.07) is 3.71. The lowest BCUT2D eigenvalue weighted by Crippen LogP contribution is -2.08. The molecule has 0 aliphatic rings. The lowest BCUT2D eigenvalue weighted by Gasteiger charge is -2.09. The second-order valence-corrected chi connectivity index (χ2v) is 3.07. The van der Waals surface area contributed by atoms with E-state index in [-0.39, 0.29) is 5.75 Å². The number of rotatable bonds is 4. The molecule has 0 unspecified atom stereocenters. The van der Waals surface area contributed by atoms with Gasteiger partial charge in [-0.3, -0.25) is 0 Å². The van der Waals surface area contributed by atoms with Crippen LogP contribution in [0, 0.1) is 5.82 Å². The van der Waals surface area contributed by atoms with Crippen molar-refractivity contribution < 1.29 is 23.0 Å². The first-order chi connectivity index (χ1) is 7.00. The third kappa shape index (κ3) is 3.43. The zero-order chi connectivity index (χ0) is 11.4. The first kappa shape index (κ1) is 11.8. The Hall–Kier alpha value is -1.23. The van der Waals surface area contributed by atoms with E-state index in [1.165, 1.54) is 19.1 Å². The van der Waals surface area contributed by atoms with Crippen LogP contribution in [-0.4, -0.2) is 18.1 Å². The molecular weight excluding hydrogens is 209 g/mol. The van der Waals surface area contributed by atoms with Crippen LogP contribution < -0.4 is 4.74 Å². The smallest absolute Gasteiger partial charge is 0.272 e. The summed E-state index contributed by atoms with van der Waals surface area (Å²) in [5.74, 6) is -0.992. The van der Waals surface area contributed by atoms with Crippen LogP contribution in [0.25, 0.3) is 0 Å². The van der Waals surface area contributed by atoms with Gasteiger partial charge in [-0.25, -0.2) is 13.2 Å². The average Bonchev–Trinajstić information content (AvgIpc) is 2.15. The van der Waals surface area contributed by atoms with Crippen molar-refractivity contribution in [2.24, 2.45) is 0 Å². The molecule has 0 aliphatic heterocycles. The van der Waals surface area contributed by atoms with E-state index in [1.807, 2.05) is 0 Å². The molecule has 0 spiro atoms. The van der Waals surface area contributed by atoms with E-state index >= 15 is 0 Å². The first-order valence-electron chi connectivity index (χ1n) is 4.39. The number of hydrogen-bond donors (Lipinski definition) is 1. The van der Waals surface area contributed by atoms with E-state index in [1.54, 1.807) is 0 Å².